The van der Waals surface area contributed by atoms with E-state index in [1.54, 1.807) is 19.1 Å². The van der Waals surface area contributed by atoms with Gasteiger partial charge in [-0.25, -0.2) is 0 Å². The standard InChI is InChI=1S/C26H29NO6/c1-3-31-22-10-6-5-8-17(22)14-23-24(29)19-11-12-21(28)20(25(19)33-23)16-27-13-7-9-18(15-27)26(30)32-4-2/h5-6,8,10-12,14,18,28H,3-4,7,9,13,15-16H2,1-2H3/b23-14-. The zero-order chi connectivity index (χ0) is 23.4. The second-order valence-electron chi connectivity index (χ2n) is 8.18. The summed E-state index contributed by atoms with van der Waals surface area (Å²) in [6.45, 7) is 6.28. The molecule has 0 aromatic heterocycles. The fraction of sp³-hybridized carbons (Fsp3) is 0.385. The number of carbonyl (C=O) groups is 2. The van der Waals surface area contributed by atoms with Gasteiger partial charge in [-0.1, -0.05) is 18.2 Å². The number of phenols is 1. The molecule has 0 spiro atoms. The minimum Gasteiger partial charge on any atom is -0.507 e. The molecule has 0 saturated carbocycles. The highest BCUT2D eigenvalue weighted by molar-refractivity contribution is 6.15. The van der Waals surface area contributed by atoms with Gasteiger partial charge >= 0.3 is 5.97 Å². The summed E-state index contributed by atoms with van der Waals surface area (Å²) in [7, 11) is 0. The number of hydrogen-bond donors (Lipinski definition) is 1. The average molecular weight is 452 g/mol. The van der Waals surface area contributed by atoms with Gasteiger partial charge in [-0.3, -0.25) is 14.5 Å². The van der Waals surface area contributed by atoms with Crippen molar-refractivity contribution in [1.82, 2.24) is 4.90 Å². The van der Waals surface area contributed by atoms with Crippen molar-refractivity contribution < 1.29 is 28.9 Å². The van der Waals surface area contributed by atoms with Crippen LogP contribution in [0, 0.1) is 5.92 Å². The maximum Gasteiger partial charge on any atom is 0.310 e. The molecule has 0 bridgehead atoms. The van der Waals surface area contributed by atoms with E-state index < -0.39 is 0 Å². The molecule has 1 fully saturated rings. The van der Waals surface area contributed by atoms with Crippen LogP contribution in [-0.2, 0) is 16.1 Å². The predicted molar refractivity (Wildman–Crippen MR) is 123 cm³/mol. The van der Waals surface area contributed by atoms with Crippen molar-refractivity contribution in [2.24, 2.45) is 5.92 Å². The number of ether oxygens (including phenoxy) is 3. The maximum absolute atomic E-state index is 13.0. The van der Waals surface area contributed by atoms with Crippen molar-refractivity contribution in [2.45, 2.75) is 33.2 Å². The lowest BCUT2D eigenvalue weighted by Gasteiger charge is -2.31. The van der Waals surface area contributed by atoms with Gasteiger partial charge < -0.3 is 19.3 Å². The molecule has 1 saturated heterocycles. The van der Waals surface area contributed by atoms with Crippen LogP contribution in [-0.4, -0.2) is 48.1 Å². The lowest BCUT2D eigenvalue weighted by Crippen LogP contribution is -2.39. The number of likely N-dealkylation sites (tertiary alicyclic amines) is 1. The van der Waals surface area contributed by atoms with Crippen LogP contribution in [0.15, 0.2) is 42.2 Å². The summed E-state index contributed by atoms with van der Waals surface area (Å²) in [4.78, 5) is 27.3. The first-order valence-electron chi connectivity index (χ1n) is 11.4. The summed E-state index contributed by atoms with van der Waals surface area (Å²) in [5.41, 5.74) is 1.71. The Morgan fingerprint density at radius 3 is 2.82 bits per heavy atom. The molecule has 2 aromatic carbocycles. The number of aromatic hydroxyl groups is 1. The minimum atomic E-state index is -0.236. The van der Waals surface area contributed by atoms with Crippen LogP contribution in [0.5, 0.6) is 17.2 Å². The number of fused-ring (bicyclic) bond motifs is 1. The van der Waals surface area contributed by atoms with Crippen molar-refractivity contribution in [3.63, 3.8) is 0 Å². The molecule has 0 amide bonds. The van der Waals surface area contributed by atoms with Crippen LogP contribution in [0.1, 0.15) is 48.2 Å². The summed E-state index contributed by atoms with van der Waals surface area (Å²) in [5.74, 6) is 0.683. The van der Waals surface area contributed by atoms with Gasteiger partial charge in [-0.15, -0.1) is 0 Å². The Balaban J connectivity index is 1.58. The molecule has 1 N–H and O–H groups in total. The molecule has 2 heterocycles. The average Bonchev–Trinajstić information content (AvgIpc) is 3.13. The molecule has 1 atom stereocenters. The van der Waals surface area contributed by atoms with E-state index in [9.17, 15) is 14.7 Å². The summed E-state index contributed by atoms with van der Waals surface area (Å²) in [6, 6.07) is 10.6. The van der Waals surface area contributed by atoms with Gasteiger partial charge in [-0.2, -0.15) is 0 Å². The van der Waals surface area contributed by atoms with E-state index in [2.05, 4.69) is 4.90 Å². The molecule has 1 unspecified atom stereocenters. The number of carbonyl (C=O) groups excluding carboxylic acids is 2. The molecule has 0 aliphatic carbocycles. The molecule has 7 heteroatoms. The highest BCUT2D eigenvalue weighted by atomic mass is 16.5. The molecule has 7 nitrogen and oxygen atoms in total. The number of piperidine rings is 1. The first-order chi connectivity index (χ1) is 16.0. The number of Topliss-reactive ketones (excluding diaryl/α,β-unsaturated/α-hetero) is 1. The summed E-state index contributed by atoms with van der Waals surface area (Å²) in [5, 5.41) is 10.6. The van der Waals surface area contributed by atoms with Crippen LogP contribution in [0.4, 0.5) is 0 Å². The highest BCUT2D eigenvalue weighted by Crippen LogP contribution is 2.41. The van der Waals surface area contributed by atoms with E-state index in [0.717, 1.165) is 24.9 Å². The van der Waals surface area contributed by atoms with Crippen molar-refractivity contribution in [2.75, 3.05) is 26.3 Å². The van der Waals surface area contributed by atoms with Gasteiger partial charge in [0, 0.05) is 18.7 Å². The topological polar surface area (TPSA) is 85.3 Å². The van der Waals surface area contributed by atoms with Gasteiger partial charge in [0.05, 0.1) is 30.3 Å². The largest absolute Gasteiger partial charge is 0.507 e. The first kappa shape index (κ1) is 22.9. The number of esters is 1. The van der Waals surface area contributed by atoms with Gasteiger partial charge in [0.2, 0.25) is 5.78 Å². The fourth-order valence-corrected chi connectivity index (χ4v) is 4.35. The second kappa shape index (κ2) is 10.1. The molecule has 4 rings (SSSR count). The van der Waals surface area contributed by atoms with Crippen molar-refractivity contribution in [1.29, 1.82) is 0 Å². The third kappa shape index (κ3) is 4.88. The number of hydrogen-bond acceptors (Lipinski definition) is 7. The number of allylic oxidation sites excluding steroid dienone is 1. The predicted octanol–water partition coefficient (Wildman–Crippen LogP) is 4.18. The maximum atomic E-state index is 13.0. The lowest BCUT2D eigenvalue weighted by atomic mass is 9.97. The Hall–Kier alpha value is -3.32. The van der Waals surface area contributed by atoms with Crippen molar-refractivity contribution in [3.05, 3.63) is 58.8 Å². The lowest BCUT2D eigenvalue weighted by molar-refractivity contribution is -0.150. The Bertz CT molecular complexity index is 1080. The Kier molecular flexibility index (Phi) is 6.99. The van der Waals surface area contributed by atoms with E-state index in [0.29, 0.717) is 48.9 Å². The molecular weight excluding hydrogens is 422 g/mol. The molecule has 174 valence electrons. The third-order valence-corrected chi connectivity index (χ3v) is 5.93. The quantitative estimate of drug-likeness (QED) is 0.499. The van der Waals surface area contributed by atoms with Gasteiger partial charge in [0.1, 0.15) is 17.2 Å². The summed E-state index contributed by atoms with van der Waals surface area (Å²) >= 11 is 0. The number of ketones is 1. The number of phenolic OH excluding ortho intramolecular Hbond substituents is 1. The van der Waals surface area contributed by atoms with Gasteiger partial charge in [-0.05, 0) is 57.5 Å². The third-order valence-electron chi connectivity index (χ3n) is 5.93. The molecule has 2 aliphatic rings. The zero-order valence-corrected chi connectivity index (χ0v) is 19.0. The minimum absolute atomic E-state index is 0.0655. The van der Waals surface area contributed by atoms with E-state index in [4.69, 9.17) is 14.2 Å². The van der Waals surface area contributed by atoms with Gasteiger partial charge in [0.15, 0.2) is 5.76 Å². The van der Waals surface area contributed by atoms with Crippen molar-refractivity contribution >= 4 is 17.8 Å². The van der Waals surface area contributed by atoms with Gasteiger partial charge in [0.25, 0.3) is 0 Å². The van der Waals surface area contributed by atoms with Crippen LogP contribution in [0.2, 0.25) is 0 Å². The van der Waals surface area contributed by atoms with E-state index in [1.165, 1.54) is 6.07 Å². The van der Waals surface area contributed by atoms with Crippen LogP contribution in [0.25, 0.3) is 6.08 Å². The van der Waals surface area contributed by atoms with Crippen molar-refractivity contribution in [3.8, 4) is 17.2 Å². The van der Waals surface area contributed by atoms with E-state index in [1.807, 2.05) is 31.2 Å². The monoisotopic (exact) mass is 451 g/mol. The molecule has 2 aliphatic heterocycles. The summed E-state index contributed by atoms with van der Waals surface area (Å²) < 4.78 is 16.8. The van der Waals surface area contributed by atoms with E-state index >= 15 is 0 Å². The first-order valence-corrected chi connectivity index (χ1v) is 11.4. The summed E-state index contributed by atoms with van der Waals surface area (Å²) in [6.07, 6.45) is 3.32. The van der Waals surface area contributed by atoms with Crippen LogP contribution in [0.3, 0.4) is 0 Å². The molecule has 33 heavy (non-hydrogen) atoms. The number of nitrogens with zero attached hydrogens (tertiary/aromatic N) is 1. The fourth-order valence-electron chi connectivity index (χ4n) is 4.35. The number of para-hydroxylation sites is 1. The Morgan fingerprint density at radius 1 is 1.21 bits per heavy atom. The Morgan fingerprint density at radius 2 is 2.03 bits per heavy atom. The molecule has 0 radical (unpaired) electrons. The Labute approximate surface area is 193 Å². The normalized spacial score (nSPS) is 19.3. The molecular formula is C26H29NO6. The molecule has 2 aromatic rings. The SMILES string of the molecule is CCOC(=O)C1CCCN(Cc2c(O)ccc3c2O/C(=C\c2ccccc2OCC)C3=O)C1. The second-order valence-corrected chi connectivity index (χ2v) is 8.18. The highest BCUT2D eigenvalue weighted by Gasteiger charge is 2.33. The van der Waals surface area contributed by atoms with E-state index in [-0.39, 0.29) is 29.2 Å². The zero-order valence-electron chi connectivity index (χ0n) is 19.0. The number of rotatable bonds is 7. The smallest absolute Gasteiger partial charge is 0.310 e. The van der Waals surface area contributed by atoms with Crippen LogP contribution >= 0.6 is 0 Å². The van der Waals surface area contributed by atoms with Crippen LogP contribution < -0.4 is 9.47 Å². The number of benzene rings is 2.